The van der Waals surface area contributed by atoms with Crippen molar-refractivity contribution in [1.82, 2.24) is 18.8 Å². The van der Waals surface area contributed by atoms with Crippen molar-refractivity contribution in [2.45, 2.75) is 43.9 Å². The molecule has 0 bridgehead atoms. The zero-order valence-electron chi connectivity index (χ0n) is 22.4. The second kappa shape index (κ2) is 11.4. The van der Waals surface area contributed by atoms with Gasteiger partial charge in [-0.1, -0.05) is 0 Å². The van der Waals surface area contributed by atoms with Crippen LogP contribution in [0.3, 0.4) is 0 Å². The molecule has 1 amide bonds. The number of carbonyl (C=O) groups excluding carboxylic acids is 1. The Kier molecular flexibility index (Phi) is 7.92. The lowest BCUT2D eigenvalue weighted by molar-refractivity contribution is -0.135. The van der Waals surface area contributed by atoms with Crippen molar-refractivity contribution < 1.29 is 27.4 Å². The van der Waals surface area contributed by atoms with E-state index in [4.69, 9.17) is 14.2 Å². The van der Waals surface area contributed by atoms with E-state index in [0.29, 0.717) is 43.1 Å². The molecular weight excluding hydrogens is 520 g/mol. The molecule has 1 fully saturated rings. The summed E-state index contributed by atoms with van der Waals surface area (Å²) in [5.74, 6) is 1.20. The molecule has 5 rings (SSSR count). The monoisotopic (exact) mass is 554 g/mol. The van der Waals surface area contributed by atoms with E-state index in [-0.39, 0.29) is 30.1 Å². The number of fused-ring (bicyclic) bond motifs is 1. The van der Waals surface area contributed by atoms with Crippen LogP contribution in [0.5, 0.6) is 11.5 Å². The summed E-state index contributed by atoms with van der Waals surface area (Å²) in [6.45, 7) is 5.40. The maximum absolute atomic E-state index is 14.0. The average molecular weight is 555 g/mol. The lowest BCUT2D eigenvalue weighted by Gasteiger charge is -2.36. The Morgan fingerprint density at radius 1 is 1.05 bits per heavy atom. The van der Waals surface area contributed by atoms with Gasteiger partial charge < -0.3 is 23.7 Å². The van der Waals surface area contributed by atoms with E-state index in [0.717, 1.165) is 17.9 Å². The Morgan fingerprint density at radius 3 is 2.51 bits per heavy atom. The van der Waals surface area contributed by atoms with Crippen LogP contribution >= 0.6 is 0 Å². The molecule has 2 aromatic heterocycles. The predicted octanol–water partition coefficient (Wildman–Crippen LogP) is 2.95. The second-order valence-corrected chi connectivity index (χ2v) is 11.7. The number of sulfonamides is 1. The molecule has 1 saturated heterocycles. The zero-order valence-corrected chi connectivity index (χ0v) is 23.3. The highest BCUT2D eigenvalue weighted by atomic mass is 32.2. The summed E-state index contributed by atoms with van der Waals surface area (Å²) in [5.41, 5.74) is 2.09. The van der Waals surface area contributed by atoms with Gasteiger partial charge in [0.2, 0.25) is 15.9 Å². The molecule has 11 heteroatoms. The number of ether oxygens (including phenoxy) is 3. The van der Waals surface area contributed by atoms with E-state index >= 15 is 0 Å². The summed E-state index contributed by atoms with van der Waals surface area (Å²) in [4.78, 5) is 18.9. The van der Waals surface area contributed by atoms with Gasteiger partial charge in [-0.05, 0) is 61.4 Å². The molecule has 0 saturated carbocycles. The molecule has 4 heterocycles. The minimum atomic E-state index is -3.85. The normalized spacial score (nSPS) is 19.6. The highest BCUT2D eigenvalue weighted by Gasteiger charge is 2.38. The number of benzene rings is 1. The Bertz CT molecular complexity index is 1400. The molecule has 3 aromatic rings. The number of amides is 1. The van der Waals surface area contributed by atoms with E-state index in [1.807, 2.05) is 22.9 Å². The fourth-order valence-electron chi connectivity index (χ4n) is 5.46. The third-order valence-electron chi connectivity index (χ3n) is 7.30. The van der Waals surface area contributed by atoms with Gasteiger partial charge in [-0.2, -0.15) is 4.31 Å². The maximum atomic E-state index is 14.0. The van der Waals surface area contributed by atoms with E-state index in [9.17, 15) is 13.2 Å². The highest BCUT2D eigenvalue weighted by molar-refractivity contribution is 7.89. The summed E-state index contributed by atoms with van der Waals surface area (Å²) < 4.78 is 48.7. The maximum Gasteiger partial charge on any atom is 0.248 e. The third-order valence-corrected chi connectivity index (χ3v) is 9.52. The first-order valence-electron chi connectivity index (χ1n) is 13.0. The number of hydrogen-bond donors (Lipinski definition) is 0. The number of aromatic nitrogens is 2. The summed E-state index contributed by atoms with van der Waals surface area (Å²) >= 11 is 0. The Balaban J connectivity index is 1.26. The Labute approximate surface area is 229 Å². The van der Waals surface area contributed by atoms with Crippen LogP contribution in [0.25, 0.3) is 0 Å². The number of pyridine rings is 1. The third kappa shape index (κ3) is 5.66. The van der Waals surface area contributed by atoms with E-state index in [2.05, 4.69) is 4.98 Å². The van der Waals surface area contributed by atoms with Crippen molar-refractivity contribution in [2.75, 3.05) is 40.0 Å². The van der Waals surface area contributed by atoms with E-state index in [1.54, 1.807) is 62.5 Å². The summed E-state index contributed by atoms with van der Waals surface area (Å²) in [6, 6.07) is 10.3. The molecule has 2 aliphatic heterocycles. The molecule has 208 valence electrons. The van der Waals surface area contributed by atoms with E-state index in [1.165, 1.54) is 4.31 Å². The fraction of sp³-hybridized carbons (Fsp3) is 0.429. The van der Waals surface area contributed by atoms with Crippen LogP contribution in [0.2, 0.25) is 0 Å². The fourth-order valence-corrected chi connectivity index (χ4v) is 7.45. The molecule has 39 heavy (non-hydrogen) atoms. The molecule has 0 radical (unpaired) electrons. The number of rotatable bonds is 9. The molecule has 0 spiro atoms. The Morgan fingerprint density at radius 2 is 1.79 bits per heavy atom. The number of carbonyl (C=O) groups is 1. The van der Waals surface area contributed by atoms with Crippen molar-refractivity contribution in [2.24, 2.45) is 0 Å². The van der Waals surface area contributed by atoms with Crippen molar-refractivity contribution >= 4 is 15.9 Å². The summed E-state index contributed by atoms with van der Waals surface area (Å²) in [5, 5.41) is 0. The molecule has 10 nitrogen and oxygen atoms in total. The first-order valence-corrected chi connectivity index (χ1v) is 14.5. The van der Waals surface area contributed by atoms with Gasteiger partial charge in [0, 0.05) is 50.3 Å². The van der Waals surface area contributed by atoms with Gasteiger partial charge in [-0.15, -0.1) is 0 Å². The van der Waals surface area contributed by atoms with Gasteiger partial charge in [0.25, 0.3) is 0 Å². The lowest BCUT2D eigenvalue weighted by atomic mass is 10.1. The van der Waals surface area contributed by atoms with Gasteiger partial charge in [-0.3, -0.25) is 9.78 Å². The molecule has 0 N–H and O–H groups in total. The predicted molar refractivity (Wildman–Crippen MR) is 144 cm³/mol. The summed E-state index contributed by atoms with van der Waals surface area (Å²) in [6.07, 6.45) is 5.92. The van der Waals surface area contributed by atoms with Crippen LogP contribution in [0.1, 0.15) is 29.3 Å². The number of nitrogens with zero attached hydrogens (tertiary/aromatic N) is 4. The van der Waals surface area contributed by atoms with Gasteiger partial charge in [0.15, 0.2) is 0 Å². The molecule has 2 atom stereocenters. The number of hydrogen-bond acceptors (Lipinski definition) is 7. The minimum absolute atomic E-state index is 0.0635. The molecular formula is C28H34N4O6S. The number of aryl methyl sites for hydroxylation is 2. The zero-order chi connectivity index (χ0) is 27.6. The van der Waals surface area contributed by atoms with Crippen molar-refractivity contribution in [1.29, 1.82) is 0 Å². The highest BCUT2D eigenvalue weighted by Crippen LogP contribution is 2.35. The van der Waals surface area contributed by atoms with Crippen LogP contribution in [0.4, 0.5) is 0 Å². The number of likely N-dealkylation sites (tertiary alicyclic amines) is 1. The van der Waals surface area contributed by atoms with Gasteiger partial charge >= 0.3 is 0 Å². The second-order valence-electron chi connectivity index (χ2n) is 9.91. The van der Waals surface area contributed by atoms with Crippen LogP contribution < -0.4 is 9.47 Å². The first kappa shape index (κ1) is 27.2. The summed E-state index contributed by atoms with van der Waals surface area (Å²) in [7, 11) is -2.29. The van der Waals surface area contributed by atoms with Gasteiger partial charge in [0.1, 0.15) is 24.2 Å². The number of methoxy groups -OCH3 is 1. The van der Waals surface area contributed by atoms with Crippen LogP contribution in [0.15, 0.2) is 59.9 Å². The molecule has 1 aromatic carbocycles. The molecule has 2 aliphatic rings. The van der Waals surface area contributed by atoms with E-state index < -0.39 is 16.1 Å². The van der Waals surface area contributed by atoms with Crippen molar-refractivity contribution in [3.05, 3.63) is 71.8 Å². The topological polar surface area (TPSA) is 103 Å². The quantitative estimate of drug-likeness (QED) is 0.401. The standard InChI is InChI=1S/C28H34N4O6S/c1-20-15-24(36-3)16-21(2)28(20)39(34,35)32-14-13-30-11-4-5-25(30)26(32)18-37-19-27(33)31-12-8-23(17-31)38-22-6-9-29-10-7-22/h4-7,9-11,15-16,23,26H,8,12-14,17-19H2,1-3H3. The molecule has 0 aliphatic carbocycles. The SMILES string of the molecule is COc1cc(C)c(S(=O)(=O)N2CCn3cccc3C2COCC(=O)N2CCC(Oc3ccncc3)C2)c(C)c1. The lowest BCUT2D eigenvalue weighted by Crippen LogP contribution is -2.44. The first-order chi connectivity index (χ1) is 18.8. The van der Waals surface area contributed by atoms with Gasteiger partial charge in [-0.25, -0.2) is 8.42 Å². The average Bonchev–Trinajstić information content (AvgIpc) is 3.58. The van der Waals surface area contributed by atoms with Crippen LogP contribution in [0, 0.1) is 13.8 Å². The van der Waals surface area contributed by atoms with Crippen molar-refractivity contribution in [3.63, 3.8) is 0 Å². The van der Waals surface area contributed by atoms with Crippen LogP contribution in [-0.4, -0.2) is 79.1 Å². The van der Waals surface area contributed by atoms with Gasteiger partial charge in [0.05, 0.1) is 31.2 Å². The van der Waals surface area contributed by atoms with Crippen molar-refractivity contribution in [3.8, 4) is 11.5 Å². The minimum Gasteiger partial charge on any atom is -0.497 e. The Hall–Kier alpha value is -3.41. The smallest absolute Gasteiger partial charge is 0.248 e. The van der Waals surface area contributed by atoms with Crippen LogP contribution in [-0.2, 0) is 26.1 Å². The largest absolute Gasteiger partial charge is 0.497 e. The molecule has 2 unspecified atom stereocenters.